The number of carbonyl (C=O) groups excluding carboxylic acids is 1. The predicted molar refractivity (Wildman–Crippen MR) is 109 cm³/mol. The number of piperidine rings is 1. The number of nitrogens with zero attached hydrogens (tertiary/aromatic N) is 1. The number of ether oxygens (including phenoxy) is 1. The van der Waals surface area contributed by atoms with E-state index < -0.39 is 0 Å². The lowest BCUT2D eigenvalue weighted by Gasteiger charge is -2.44. The zero-order valence-corrected chi connectivity index (χ0v) is 17.3. The highest BCUT2D eigenvalue weighted by Crippen LogP contribution is 2.39. The Balaban J connectivity index is 1.78. The fraction of sp³-hybridized carbons (Fsp3) is 0.571. The number of benzene rings is 1. The number of anilines is 1. The van der Waals surface area contributed by atoms with E-state index in [4.69, 9.17) is 22.1 Å². The van der Waals surface area contributed by atoms with E-state index >= 15 is 0 Å². The van der Waals surface area contributed by atoms with Gasteiger partial charge in [-0.05, 0) is 19.9 Å². The lowest BCUT2D eigenvalue weighted by molar-refractivity contribution is -0.930. The molecule has 5 nitrogen and oxygen atoms in total. The van der Waals surface area contributed by atoms with Crippen LogP contribution in [0.4, 0.5) is 5.69 Å². The van der Waals surface area contributed by atoms with Crippen LogP contribution in [0.1, 0.15) is 49.9 Å². The zero-order chi connectivity index (χ0) is 19.8. The highest BCUT2D eigenvalue weighted by atomic mass is 35.5. The minimum atomic E-state index is -0.342. The molecule has 4 atom stereocenters. The number of amides is 1. The summed E-state index contributed by atoms with van der Waals surface area (Å²) >= 11 is 6.17. The van der Waals surface area contributed by atoms with Gasteiger partial charge in [-0.1, -0.05) is 17.5 Å². The lowest BCUT2D eigenvalue weighted by Crippen LogP contribution is -2.58. The summed E-state index contributed by atoms with van der Waals surface area (Å²) in [5, 5.41) is 3.55. The third kappa shape index (κ3) is 4.02. The molecular formula is C21H29ClN3O2+. The molecule has 3 N–H and O–H groups in total. The van der Waals surface area contributed by atoms with Crippen LogP contribution in [0.2, 0.25) is 5.02 Å². The average Bonchev–Trinajstić information content (AvgIpc) is 2.75. The van der Waals surface area contributed by atoms with Crippen LogP contribution in [0.15, 0.2) is 12.1 Å². The van der Waals surface area contributed by atoms with Gasteiger partial charge in [0.25, 0.3) is 5.91 Å². The van der Waals surface area contributed by atoms with Crippen LogP contribution < -0.4 is 15.8 Å². The summed E-state index contributed by atoms with van der Waals surface area (Å²) in [6, 6.07) is 4.60. The Kier molecular flexibility index (Phi) is 5.60. The quantitative estimate of drug-likeness (QED) is 0.471. The molecule has 0 aliphatic carbocycles. The van der Waals surface area contributed by atoms with Gasteiger partial charge in [0.05, 0.1) is 42.5 Å². The maximum atomic E-state index is 13.0. The standard InChI is InChI=1S/C21H28ClN3O2/c1-5-6-13(2)27-20-12-19(23)18(22)11-17(20)21(26)24-14-9-15-7-8-16(10-14)25(15,3)4/h11-16H,7-10H2,1-4H3,(H2-,23,24,26)/p+1/t13-,14?,15-,16+/m0/s1. The Hall–Kier alpha value is -1.90. The van der Waals surface area contributed by atoms with Crippen molar-refractivity contribution in [2.45, 2.75) is 63.8 Å². The molecule has 6 heteroatoms. The van der Waals surface area contributed by atoms with Gasteiger partial charge in [-0.25, -0.2) is 0 Å². The summed E-state index contributed by atoms with van der Waals surface area (Å²) < 4.78 is 6.91. The maximum absolute atomic E-state index is 13.0. The molecule has 3 rings (SSSR count). The molecule has 2 bridgehead atoms. The highest BCUT2D eigenvalue weighted by Gasteiger charge is 2.49. The molecule has 2 saturated heterocycles. The molecule has 0 saturated carbocycles. The highest BCUT2D eigenvalue weighted by molar-refractivity contribution is 6.33. The number of carbonyl (C=O) groups is 1. The van der Waals surface area contributed by atoms with Crippen molar-refractivity contribution in [3.63, 3.8) is 0 Å². The molecule has 146 valence electrons. The van der Waals surface area contributed by atoms with E-state index in [-0.39, 0.29) is 18.1 Å². The Morgan fingerprint density at radius 3 is 2.56 bits per heavy atom. The molecule has 2 fully saturated rings. The molecular weight excluding hydrogens is 362 g/mol. The van der Waals surface area contributed by atoms with Gasteiger partial charge < -0.3 is 20.3 Å². The van der Waals surface area contributed by atoms with E-state index in [1.165, 1.54) is 12.8 Å². The number of quaternary nitrogens is 1. The third-order valence-electron chi connectivity index (χ3n) is 6.16. The van der Waals surface area contributed by atoms with Gasteiger partial charge >= 0.3 is 0 Å². The second kappa shape index (κ2) is 7.61. The first kappa shape index (κ1) is 19.9. The largest absolute Gasteiger partial charge is 0.477 e. The molecule has 0 spiro atoms. The van der Waals surface area contributed by atoms with Gasteiger partial charge in [-0.2, -0.15) is 0 Å². The first-order valence-corrected chi connectivity index (χ1v) is 9.92. The van der Waals surface area contributed by atoms with E-state index in [0.29, 0.717) is 34.1 Å². The summed E-state index contributed by atoms with van der Waals surface area (Å²) in [6.45, 7) is 3.59. The monoisotopic (exact) mass is 390 g/mol. The first-order chi connectivity index (χ1) is 12.7. The third-order valence-corrected chi connectivity index (χ3v) is 6.49. The van der Waals surface area contributed by atoms with Crippen LogP contribution in [0.5, 0.6) is 5.75 Å². The predicted octanol–water partition coefficient (Wildman–Crippen LogP) is 3.21. The van der Waals surface area contributed by atoms with E-state index in [2.05, 4.69) is 31.3 Å². The molecule has 27 heavy (non-hydrogen) atoms. The van der Waals surface area contributed by atoms with Crippen LogP contribution in [-0.4, -0.2) is 48.7 Å². The van der Waals surface area contributed by atoms with Gasteiger partial charge in [-0.15, -0.1) is 5.92 Å². The van der Waals surface area contributed by atoms with Crippen molar-refractivity contribution >= 4 is 23.2 Å². The van der Waals surface area contributed by atoms with E-state index in [9.17, 15) is 4.79 Å². The van der Waals surface area contributed by atoms with Gasteiger partial charge in [-0.3, -0.25) is 4.79 Å². The minimum Gasteiger partial charge on any atom is -0.477 e. The van der Waals surface area contributed by atoms with Crippen molar-refractivity contribution in [1.82, 2.24) is 5.32 Å². The van der Waals surface area contributed by atoms with Crippen molar-refractivity contribution < 1.29 is 14.0 Å². The van der Waals surface area contributed by atoms with E-state index in [1.807, 2.05) is 6.92 Å². The molecule has 2 aliphatic heterocycles. The van der Waals surface area contributed by atoms with Crippen molar-refractivity contribution in [2.75, 3.05) is 19.8 Å². The number of rotatable bonds is 4. The van der Waals surface area contributed by atoms with Crippen molar-refractivity contribution in [3.05, 3.63) is 22.7 Å². The van der Waals surface area contributed by atoms with Crippen LogP contribution in [-0.2, 0) is 0 Å². The summed E-state index contributed by atoms with van der Waals surface area (Å²) in [6.07, 6.45) is 4.14. The second-order valence-corrected chi connectivity index (χ2v) is 8.59. The minimum absolute atomic E-state index is 0.167. The molecule has 1 unspecified atom stereocenters. The number of halogens is 1. The van der Waals surface area contributed by atoms with Crippen LogP contribution >= 0.6 is 11.6 Å². The first-order valence-electron chi connectivity index (χ1n) is 9.54. The summed E-state index contributed by atoms with van der Waals surface area (Å²) in [5.41, 5.74) is 6.71. The zero-order valence-electron chi connectivity index (χ0n) is 16.5. The van der Waals surface area contributed by atoms with E-state index in [0.717, 1.165) is 17.3 Å². The maximum Gasteiger partial charge on any atom is 0.255 e. The normalized spacial score (nSPS) is 26.6. The summed E-state index contributed by atoms with van der Waals surface area (Å²) in [4.78, 5) is 13.0. The number of nitrogens with two attached hydrogens (primary N) is 1. The molecule has 1 amide bonds. The Labute approximate surface area is 166 Å². The van der Waals surface area contributed by atoms with Crippen molar-refractivity contribution in [2.24, 2.45) is 0 Å². The van der Waals surface area contributed by atoms with Crippen LogP contribution in [0.25, 0.3) is 0 Å². The molecule has 0 radical (unpaired) electrons. The lowest BCUT2D eigenvalue weighted by atomic mass is 9.95. The number of nitrogens with one attached hydrogen (secondary N) is 1. The summed E-state index contributed by atoms with van der Waals surface area (Å²) in [5.74, 6) is 5.99. The molecule has 0 aromatic heterocycles. The van der Waals surface area contributed by atoms with E-state index in [1.54, 1.807) is 19.1 Å². The van der Waals surface area contributed by atoms with Crippen LogP contribution in [0.3, 0.4) is 0 Å². The topological polar surface area (TPSA) is 64.3 Å². The van der Waals surface area contributed by atoms with Gasteiger partial charge in [0, 0.05) is 37.8 Å². The Morgan fingerprint density at radius 2 is 1.96 bits per heavy atom. The number of nitrogen functional groups attached to an aromatic ring is 1. The van der Waals surface area contributed by atoms with Gasteiger partial charge in [0.15, 0.2) is 6.10 Å². The fourth-order valence-electron chi connectivity index (χ4n) is 4.53. The number of hydrogen-bond acceptors (Lipinski definition) is 3. The smallest absolute Gasteiger partial charge is 0.255 e. The Morgan fingerprint density at radius 1 is 1.33 bits per heavy atom. The average molecular weight is 391 g/mol. The van der Waals surface area contributed by atoms with Gasteiger partial charge in [0.2, 0.25) is 0 Å². The van der Waals surface area contributed by atoms with Crippen molar-refractivity contribution in [1.29, 1.82) is 0 Å². The SMILES string of the molecule is CC#C[C@H](C)Oc1cc(N)c(Cl)cc1C(=O)NC1C[C@H]2CC[C@@H](C1)[N+]2(C)C. The molecule has 1 aromatic rings. The second-order valence-electron chi connectivity index (χ2n) is 8.18. The fourth-order valence-corrected chi connectivity index (χ4v) is 4.69. The molecule has 1 aromatic carbocycles. The number of fused-ring (bicyclic) bond motifs is 2. The van der Waals surface area contributed by atoms with Crippen LogP contribution in [0, 0.1) is 11.8 Å². The molecule has 2 aliphatic rings. The Bertz CT molecular complexity index is 781. The number of hydrogen-bond donors (Lipinski definition) is 2. The van der Waals surface area contributed by atoms with Crippen molar-refractivity contribution in [3.8, 4) is 17.6 Å². The van der Waals surface area contributed by atoms with Gasteiger partial charge in [0.1, 0.15) is 5.75 Å². The molecule has 2 heterocycles. The summed E-state index contributed by atoms with van der Waals surface area (Å²) in [7, 11) is 4.62.